The molecule has 4 nitrogen and oxygen atoms in total. The molecule has 0 fully saturated rings. The summed E-state index contributed by atoms with van der Waals surface area (Å²) in [5.41, 5.74) is 2.94. The molecule has 2 atom stereocenters. The quantitative estimate of drug-likeness (QED) is 0.635. The maximum Gasteiger partial charge on any atom is 0.282 e. The topological polar surface area (TPSA) is 42.8 Å². The molecule has 0 radical (unpaired) electrons. The van der Waals surface area contributed by atoms with Gasteiger partial charge in [0.05, 0.1) is 7.05 Å². The summed E-state index contributed by atoms with van der Waals surface area (Å²) in [5, 5.41) is 3.10. The number of likely N-dealkylation sites (N-methyl/N-ethyl adjacent to an activating group) is 1. The first kappa shape index (κ1) is 19.6. The number of carbonyl (C=O) groups is 1. The first-order chi connectivity index (χ1) is 13.6. The van der Waals surface area contributed by atoms with E-state index in [-0.39, 0.29) is 11.9 Å². The first-order valence-corrected chi connectivity index (χ1v) is 9.60. The van der Waals surface area contributed by atoms with Gasteiger partial charge in [0.15, 0.2) is 6.04 Å². The van der Waals surface area contributed by atoms with Crippen molar-refractivity contribution < 1.29 is 14.4 Å². The van der Waals surface area contributed by atoms with Crippen LogP contribution in [0.3, 0.4) is 0 Å². The van der Waals surface area contributed by atoms with Crippen LogP contribution in [0.5, 0.6) is 5.75 Å². The van der Waals surface area contributed by atoms with Gasteiger partial charge in [0, 0.05) is 11.3 Å². The van der Waals surface area contributed by atoms with Crippen molar-refractivity contribution in [2.45, 2.75) is 13.0 Å². The molecule has 0 aliphatic carbocycles. The predicted octanol–water partition coefficient (Wildman–Crippen LogP) is 3.27. The average molecular weight is 375 g/mol. The predicted molar refractivity (Wildman–Crippen MR) is 114 cm³/mol. The Bertz CT molecular complexity index is 881. The van der Waals surface area contributed by atoms with E-state index in [1.165, 1.54) is 0 Å². The van der Waals surface area contributed by atoms with Crippen LogP contribution in [-0.2, 0) is 4.79 Å². The second-order valence-electron chi connectivity index (χ2n) is 6.88. The summed E-state index contributed by atoms with van der Waals surface area (Å²) >= 11 is 0. The normalized spacial score (nSPS) is 12.8. The van der Waals surface area contributed by atoms with Crippen molar-refractivity contribution in [3.05, 3.63) is 84.9 Å². The maximum absolute atomic E-state index is 12.8. The van der Waals surface area contributed by atoms with Crippen molar-refractivity contribution in [3.63, 3.8) is 0 Å². The second kappa shape index (κ2) is 9.72. The minimum absolute atomic E-state index is 0.000548. The molecule has 0 bridgehead atoms. The molecule has 3 rings (SSSR count). The van der Waals surface area contributed by atoms with Crippen LogP contribution in [-0.4, -0.2) is 32.1 Å². The number of amides is 1. The van der Waals surface area contributed by atoms with Gasteiger partial charge in [0.2, 0.25) is 0 Å². The number of rotatable bonds is 8. The molecule has 0 aromatic heterocycles. The number of nitrogens with one attached hydrogen (secondary N) is 2. The van der Waals surface area contributed by atoms with Crippen molar-refractivity contribution in [3.8, 4) is 16.9 Å². The first-order valence-electron chi connectivity index (χ1n) is 9.60. The summed E-state index contributed by atoms with van der Waals surface area (Å²) in [5.74, 6) is 0.852. The highest BCUT2D eigenvalue weighted by Gasteiger charge is 2.22. The van der Waals surface area contributed by atoms with E-state index in [1.807, 2.05) is 98.9 Å². The standard InChI is InChI=1S/C24H26N2O2/c1-19(26(2)17-18-28-21-13-7-4-8-14-21)24(27)25-23-16-10-9-15-22(23)20-11-5-3-6-12-20/h3-16,19H,17-18H2,1-2H3,(H,25,27)/p+1/t19-/m0/s1. The van der Waals surface area contributed by atoms with E-state index in [9.17, 15) is 4.79 Å². The monoisotopic (exact) mass is 375 g/mol. The van der Waals surface area contributed by atoms with Crippen LogP contribution in [0.4, 0.5) is 5.69 Å². The molecule has 0 saturated heterocycles. The summed E-state index contributed by atoms with van der Waals surface area (Å²) in [6.45, 7) is 3.25. The molecule has 1 amide bonds. The number of para-hydroxylation sites is 2. The fourth-order valence-electron chi connectivity index (χ4n) is 2.99. The lowest BCUT2D eigenvalue weighted by atomic mass is 10.0. The Morgan fingerprint density at radius 2 is 1.54 bits per heavy atom. The molecule has 1 unspecified atom stereocenters. The highest BCUT2D eigenvalue weighted by atomic mass is 16.5. The SMILES string of the molecule is C[C@@H](C(=O)Nc1ccccc1-c1ccccc1)[NH+](C)CCOc1ccccc1. The van der Waals surface area contributed by atoms with E-state index >= 15 is 0 Å². The van der Waals surface area contributed by atoms with Gasteiger partial charge >= 0.3 is 0 Å². The highest BCUT2D eigenvalue weighted by Crippen LogP contribution is 2.27. The van der Waals surface area contributed by atoms with Gasteiger partial charge in [0.25, 0.3) is 5.91 Å². The Balaban J connectivity index is 1.58. The van der Waals surface area contributed by atoms with Gasteiger partial charge in [-0.3, -0.25) is 4.79 Å². The fraction of sp³-hybridized carbons (Fsp3) is 0.208. The molecule has 0 aliphatic rings. The zero-order chi connectivity index (χ0) is 19.8. The third-order valence-corrected chi connectivity index (χ3v) is 4.91. The van der Waals surface area contributed by atoms with E-state index in [0.29, 0.717) is 6.61 Å². The van der Waals surface area contributed by atoms with Crippen LogP contribution in [0.2, 0.25) is 0 Å². The zero-order valence-electron chi connectivity index (χ0n) is 16.4. The number of quaternary nitrogens is 1. The Labute approximate surface area is 166 Å². The summed E-state index contributed by atoms with van der Waals surface area (Å²) < 4.78 is 5.75. The molecule has 3 aromatic rings. The molecule has 3 aromatic carbocycles. The Morgan fingerprint density at radius 1 is 0.929 bits per heavy atom. The van der Waals surface area contributed by atoms with Gasteiger partial charge in [0.1, 0.15) is 18.9 Å². The summed E-state index contributed by atoms with van der Waals surface area (Å²) in [7, 11) is 2.02. The smallest absolute Gasteiger partial charge is 0.282 e. The molecule has 0 aliphatic heterocycles. The number of benzene rings is 3. The van der Waals surface area contributed by atoms with Crippen LogP contribution >= 0.6 is 0 Å². The minimum atomic E-state index is -0.191. The minimum Gasteiger partial charge on any atom is -0.488 e. The number of ether oxygens (including phenoxy) is 1. The molecule has 2 N–H and O–H groups in total. The zero-order valence-corrected chi connectivity index (χ0v) is 16.4. The van der Waals surface area contributed by atoms with Crippen LogP contribution < -0.4 is 15.0 Å². The lowest BCUT2D eigenvalue weighted by molar-refractivity contribution is -0.894. The maximum atomic E-state index is 12.8. The third kappa shape index (κ3) is 5.21. The summed E-state index contributed by atoms with van der Waals surface area (Å²) in [6.07, 6.45) is 0. The molecule has 144 valence electrons. The Kier molecular flexibility index (Phi) is 6.82. The van der Waals surface area contributed by atoms with Crippen molar-refractivity contribution >= 4 is 11.6 Å². The van der Waals surface area contributed by atoms with Crippen molar-refractivity contribution in [2.24, 2.45) is 0 Å². The van der Waals surface area contributed by atoms with Crippen molar-refractivity contribution in [1.29, 1.82) is 0 Å². The molecule has 0 heterocycles. The molecular formula is C24H27N2O2+. The van der Waals surface area contributed by atoms with Gasteiger partial charge in [-0.1, -0.05) is 66.7 Å². The van der Waals surface area contributed by atoms with Gasteiger partial charge in [-0.15, -0.1) is 0 Å². The fourth-order valence-corrected chi connectivity index (χ4v) is 2.99. The molecule has 0 saturated carbocycles. The summed E-state index contributed by atoms with van der Waals surface area (Å²) in [4.78, 5) is 13.9. The molecule has 28 heavy (non-hydrogen) atoms. The van der Waals surface area contributed by atoms with Crippen LogP contribution in [0.1, 0.15) is 6.92 Å². The van der Waals surface area contributed by atoms with E-state index in [4.69, 9.17) is 4.74 Å². The van der Waals surface area contributed by atoms with Crippen LogP contribution in [0, 0.1) is 0 Å². The van der Waals surface area contributed by atoms with Crippen LogP contribution in [0.15, 0.2) is 84.9 Å². The van der Waals surface area contributed by atoms with Crippen molar-refractivity contribution in [1.82, 2.24) is 0 Å². The number of carbonyl (C=O) groups excluding carboxylic acids is 1. The highest BCUT2D eigenvalue weighted by molar-refractivity contribution is 5.97. The largest absolute Gasteiger partial charge is 0.488 e. The average Bonchev–Trinajstić information content (AvgIpc) is 2.75. The lowest BCUT2D eigenvalue weighted by Crippen LogP contribution is -3.14. The van der Waals surface area contributed by atoms with E-state index < -0.39 is 0 Å². The Morgan fingerprint density at radius 3 is 2.25 bits per heavy atom. The second-order valence-corrected chi connectivity index (χ2v) is 6.88. The molecule has 0 spiro atoms. The van der Waals surface area contributed by atoms with Gasteiger partial charge in [-0.05, 0) is 30.7 Å². The van der Waals surface area contributed by atoms with Crippen molar-refractivity contribution in [2.75, 3.05) is 25.5 Å². The van der Waals surface area contributed by atoms with E-state index in [2.05, 4.69) is 5.32 Å². The lowest BCUT2D eigenvalue weighted by Gasteiger charge is -2.22. The third-order valence-electron chi connectivity index (χ3n) is 4.91. The number of hydrogen-bond acceptors (Lipinski definition) is 2. The van der Waals surface area contributed by atoms with Gasteiger partial charge in [-0.2, -0.15) is 0 Å². The van der Waals surface area contributed by atoms with E-state index in [1.54, 1.807) is 0 Å². The summed E-state index contributed by atoms with van der Waals surface area (Å²) in [6, 6.07) is 27.5. The molecular weight excluding hydrogens is 348 g/mol. The van der Waals surface area contributed by atoms with Gasteiger partial charge in [-0.25, -0.2) is 0 Å². The van der Waals surface area contributed by atoms with Gasteiger partial charge < -0.3 is 15.0 Å². The molecule has 4 heteroatoms. The van der Waals surface area contributed by atoms with E-state index in [0.717, 1.165) is 34.0 Å². The Hall–Kier alpha value is -3.11. The number of hydrogen-bond donors (Lipinski definition) is 2. The van der Waals surface area contributed by atoms with Crippen LogP contribution in [0.25, 0.3) is 11.1 Å². The number of anilines is 1.